The third-order valence-electron chi connectivity index (χ3n) is 3.23. The van der Waals surface area contributed by atoms with Crippen LogP contribution in [0.1, 0.15) is 11.1 Å². The standard InChI is InChI=1S/C15H11FN4/c1-9-6-14-12(7-11(9)16)19-15(18)20(14)13-5-3-2-4-10(13)8-17/h2-7H,1H3,(H2,18,19). The fourth-order valence-corrected chi connectivity index (χ4v) is 2.24. The van der Waals surface area contributed by atoms with E-state index in [4.69, 9.17) is 5.73 Å². The van der Waals surface area contributed by atoms with Crippen molar-refractivity contribution in [2.45, 2.75) is 6.92 Å². The van der Waals surface area contributed by atoms with Crippen LogP contribution in [0, 0.1) is 24.1 Å². The number of hydrogen-bond acceptors (Lipinski definition) is 3. The minimum atomic E-state index is -0.323. The SMILES string of the molecule is Cc1cc2c(cc1F)nc(N)n2-c1ccccc1C#N. The minimum Gasteiger partial charge on any atom is -0.369 e. The molecule has 0 radical (unpaired) electrons. The van der Waals surface area contributed by atoms with Gasteiger partial charge in [0.2, 0.25) is 5.95 Å². The number of imidazole rings is 1. The third-order valence-corrected chi connectivity index (χ3v) is 3.23. The molecule has 0 bridgehead atoms. The number of hydrogen-bond donors (Lipinski definition) is 1. The lowest BCUT2D eigenvalue weighted by atomic mass is 10.1. The van der Waals surface area contributed by atoms with Crippen molar-refractivity contribution < 1.29 is 4.39 Å². The highest BCUT2D eigenvalue weighted by molar-refractivity contribution is 5.82. The van der Waals surface area contributed by atoms with Crippen LogP contribution in [0.2, 0.25) is 0 Å². The molecule has 2 aromatic carbocycles. The fraction of sp³-hybridized carbons (Fsp3) is 0.0667. The van der Waals surface area contributed by atoms with E-state index in [1.54, 1.807) is 35.8 Å². The van der Waals surface area contributed by atoms with Gasteiger partial charge >= 0.3 is 0 Å². The summed E-state index contributed by atoms with van der Waals surface area (Å²) in [5.74, 6) is -0.0941. The van der Waals surface area contributed by atoms with Crippen molar-refractivity contribution in [3.8, 4) is 11.8 Å². The summed E-state index contributed by atoms with van der Waals surface area (Å²) in [4.78, 5) is 4.16. The third kappa shape index (κ3) is 1.70. The van der Waals surface area contributed by atoms with Gasteiger partial charge in [-0.1, -0.05) is 12.1 Å². The first-order chi connectivity index (χ1) is 9.61. The van der Waals surface area contributed by atoms with Gasteiger partial charge < -0.3 is 5.73 Å². The summed E-state index contributed by atoms with van der Waals surface area (Å²) in [6.45, 7) is 1.68. The number of nitriles is 1. The van der Waals surface area contributed by atoms with E-state index < -0.39 is 0 Å². The van der Waals surface area contributed by atoms with Gasteiger partial charge in [0.15, 0.2) is 0 Å². The number of fused-ring (bicyclic) bond motifs is 1. The molecule has 0 atom stereocenters. The number of rotatable bonds is 1. The molecule has 1 heterocycles. The van der Waals surface area contributed by atoms with Crippen LogP contribution in [0.4, 0.5) is 10.3 Å². The molecule has 0 amide bonds. The molecule has 0 saturated heterocycles. The molecule has 0 unspecified atom stereocenters. The van der Waals surface area contributed by atoms with Crippen molar-refractivity contribution in [3.63, 3.8) is 0 Å². The highest BCUT2D eigenvalue weighted by Crippen LogP contribution is 2.26. The first-order valence-corrected chi connectivity index (χ1v) is 6.05. The molecule has 4 nitrogen and oxygen atoms in total. The van der Waals surface area contributed by atoms with Crippen LogP contribution >= 0.6 is 0 Å². The maximum atomic E-state index is 13.6. The molecule has 1 aromatic heterocycles. The quantitative estimate of drug-likeness (QED) is 0.736. The van der Waals surface area contributed by atoms with E-state index in [0.29, 0.717) is 27.8 Å². The molecule has 3 aromatic rings. The Balaban J connectivity index is 2.40. The maximum Gasteiger partial charge on any atom is 0.205 e. The van der Waals surface area contributed by atoms with Crippen molar-refractivity contribution in [1.29, 1.82) is 5.26 Å². The Morgan fingerprint density at radius 3 is 2.80 bits per heavy atom. The smallest absolute Gasteiger partial charge is 0.205 e. The number of para-hydroxylation sites is 1. The molecule has 3 rings (SSSR count). The molecule has 2 N–H and O–H groups in total. The molecular formula is C15H11FN4. The average Bonchev–Trinajstić information content (AvgIpc) is 2.74. The topological polar surface area (TPSA) is 67.6 Å². The van der Waals surface area contributed by atoms with E-state index in [0.717, 1.165) is 0 Å². The zero-order chi connectivity index (χ0) is 14.3. The van der Waals surface area contributed by atoms with Gasteiger partial charge in [-0.15, -0.1) is 0 Å². The van der Waals surface area contributed by atoms with Gasteiger partial charge in [-0.05, 0) is 30.7 Å². The van der Waals surface area contributed by atoms with Crippen molar-refractivity contribution in [2.75, 3.05) is 5.73 Å². The summed E-state index contributed by atoms with van der Waals surface area (Å²) in [5, 5.41) is 9.19. The summed E-state index contributed by atoms with van der Waals surface area (Å²) in [6, 6.07) is 12.2. The second-order valence-corrected chi connectivity index (χ2v) is 4.52. The highest BCUT2D eigenvalue weighted by Gasteiger charge is 2.14. The molecule has 0 aliphatic heterocycles. The number of aromatic nitrogens is 2. The molecule has 0 fully saturated rings. The summed E-state index contributed by atoms with van der Waals surface area (Å²) in [7, 11) is 0. The van der Waals surface area contributed by atoms with Crippen molar-refractivity contribution in [2.24, 2.45) is 0 Å². The monoisotopic (exact) mass is 266 g/mol. The Morgan fingerprint density at radius 1 is 1.30 bits per heavy atom. The van der Waals surface area contributed by atoms with E-state index in [1.165, 1.54) is 6.07 Å². The number of benzene rings is 2. The Kier molecular flexibility index (Phi) is 2.65. The van der Waals surface area contributed by atoms with Crippen LogP contribution in [0.15, 0.2) is 36.4 Å². The number of aryl methyl sites for hydroxylation is 1. The predicted octanol–water partition coefficient (Wildman–Crippen LogP) is 2.93. The zero-order valence-electron chi connectivity index (χ0n) is 10.8. The van der Waals surface area contributed by atoms with E-state index in [-0.39, 0.29) is 11.8 Å². The molecule has 0 spiro atoms. The Bertz CT molecular complexity index is 858. The second kappa shape index (κ2) is 4.35. The molecule has 20 heavy (non-hydrogen) atoms. The number of anilines is 1. The van der Waals surface area contributed by atoms with Gasteiger partial charge in [-0.3, -0.25) is 4.57 Å². The summed E-state index contributed by atoms with van der Waals surface area (Å²) >= 11 is 0. The Hall–Kier alpha value is -2.87. The first kappa shape index (κ1) is 12.2. The zero-order valence-corrected chi connectivity index (χ0v) is 10.8. The summed E-state index contributed by atoms with van der Waals surface area (Å²) in [6.07, 6.45) is 0. The van der Waals surface area contributed by atoms with Crippen LogP contribution < -0.4 is 5.73 Å². The number of nitrogen functional groups attached to an aromatic ring is 1. The fourth-order valence-electron chi connectivity index (χ4n) is 2.24. The van der Waals surface area contributed by atoms with Crippen LogP contribution in [-0.4, -0.2) is 9.55 Å². The van der Waals surface area contributed by atoms with Gasteiger partial charge in [0.25, 0.3) is 0 Å². The van der Waals surface area contributed by atoms with Gasteiger partial charge in [0.05, 0.1) is 22.3 Å². The normalized spacial score (nSPS) is 10.7. The van der Waals surface area contributed by atoms with Crippen molar-refractivity contribution in [1.82, 2.24) is 9.55 Å². The molecule has 0 saturated carbocycles. The molecular weight excluding hydrogens is 255 g/mol. The largest absolute Gasteiger partial charge is 0.369 e. The van der Waals surface area contributed by atoms with Gasteiger partial charge in [0, 0.05) is 6.07 Å². The number of nitrogens with zero attached hydrogens (tertiary/aromatic N) is 3. The van der Waals surface area contributed by atoms with E-state index >= 15 is 0 Å². The summed E-state index contributed by atoms with van der Waals surface area (Å²) in [5.41, 5.74) is 8.72. The predicted molar refractivity (Wildman–Crippen MR) is 74.9 cm³/mol. The lowest BCUT2D eigenvalue weighted by Crippen LogP contribution is -2.02. The Morgan fingerprint density at radius 2 is 2.05 bits per heavy atom. The van der Waals surface area contributed by atoms with E-state index in [2.05, 4.69) is 11.1 Å². The van der Waals surface area contributed by atoms with E-state index in [9.17, 15) is 9.65 Å². The average molecular weight is 266 g/mol. The molecule has 98 valence electrons. The van der Waals surface area contributed by atoms with Gasteiger partial charge in [0.1, 0.15) is 11.9 Å². The summed E-state index contributed by atoms with van der Waals surface area (Å²) < 4.78 is 15.3. The maximum absolute atomic E-state index is 13.6. The van der Waals surface area contributed by atoms with Crippen molar-refractivity contribution >= 4 is 17.0 Å². The number of nitrogens with two attached hydrogens (primary N) is 1. The highest BCUT2D eigenvalue weighted by atomic mass is 19.1. The van der Waals surface area contributed by atoms with E-state index in [1.807, 2.05) is 6.07 Å². The molecule has 5 heteroatoms. The van der Waals surface area contributed by atoms with Crippen LogP contribution in [0.3, 0.4) is 0 Å². The first-order valence-electron chi connectivity index (χ1n) is 6.05. The van der Waals surface area contributed by atoms with Gasteiger partial charge in [-0.25, -0.2) is 9.37 Å². The molecule has 0 aliphatic carbocycles. The lowest BCUT2D eigenvalue weighted by molar-refractivity contribution is 0.620. The Labute approximate surface area is 114 Å². The van der Waals surface area contributed by atoms with Crippen LogP contribution in [0.5, 0.6) is 0 Å². The van der Waals surface area contributed by atoms with Crippen molar-refractivity contribution in [3.05, 3.63) is 53.3 Å². The minimum absolute atomic E-state index is 0.229. The van der Waals surface area contributed by atoms with Gasteiger partial charge in [-0.2, -0.15) is 5.26 Å². The van der Waals surface area contributed by atoms with Crippen LogP contribution in [-0.2, 0) is 0 Å². The lowest BCUT2D eigenvalue weighted by Gasteiger charge is -2.08. The number of halogens is 1. The van der Waals surface area contributed by atoms with Crippen LogP contribution in [0.25, 0.3) is 16.7 Å². The molecule has 0 aliphatic rings. The second-order valence-electron chi connectivity index (χ2n) is 4.52.